The first-order valence-electron chi connectivity index (χ1n) is 8.89. The molecule has 1 aliphatic rings. The van der Waals surface area contributed by atoms with Crippen LogP contribution in [-0.2, 0) is 9.53 Å². The molecule has 1 aliphatic heterocycles. The average molecular weight is 380 g/mol. The first-order chi connectivity index (χ1) is 13.4. The smallest absolute Gasteiger partial charge is 0.338 e. The number of fused-ring (bicyclic) bond motifs is 1. The molecule has 0 aromatic heterocycles. The molecule has 0 spiro atoms. The molecule has 28 heavy (non-hydrogen) atoms. The molecule has 3 amide bonds. The number of amides is 3. The van der Waals surface area contributed by atoms with Gasteiger partial charge >= 0.3 is 5.97 Å². The monoisotopic (exact) mass is 380 g/mol. The molecule has 0 atom stereocenters. The molecule has 0 saturated carbocycles. The molecule has 0 unspecified atom stereocenters. The number of carbonyl (C=O) groups excluding carboxylic acids is 4. The van der Waals surface area contributed by atoms with Crippen LogP contribution in [0, 0.1) is 5.92 Å². The van der Waals surface area contributed by atoms with Crippen LogP contribution < -0.4 is 5.32 Å². The van der Waals surface area contributed by atoms with Gasteiger partial charge in [0.1, 0.15) is 0 Å². The van der Waals surface area contributed by atoms with Crippen LogP contribution in [0.4, 0.5) is 5.69 Å². The highest BCUT2D eigenvalue weighted by Crippen LogP contribution is 2.25. The molecule has 2 aromatic carbocycles. The molecule has 1 heterocycles. The van der Waals surface area contributed by atoms with Gasteiger partial charge in [0.2, 0.25) is 0 Å². The number of hydrogen-bond acceptors (Lipinski definition) is 5. The van der Waals surface area contributed by atoms with Crippen molar-refractivity contribution in [2.24, 2.45) is 5.92 Å². The van der Waals surface area contributed by atoms with E-state index in [2.05, 4.69) is 5.32 Å². The molecule has 0 fully saturated rings. The third-order valence-electron chi connectivity index (χ3n) is 4.15. The molecular weight excluding hydrogens is 360 g/mol. The summed E-state index contributed by atoms with van der Waals surface area (Å²) < 4.78 is 5.01. The van der Waals surface area contributed by atoms with Crippen molar-refractivity contribution in [2.75, 3.05) is 18.5 Å². The number of carbonyl (C=O) groups is 4. The van der Waals surface area contributed by atoms with E-state index in [0.29, 0.717) is 12.2 Å². The lowest BCUT2D eigenvalue weighted by Gasteiger charge is -2.15. The molecule has 144 valence electrons. The van der Waals surface area contributed by atoms with E-state index in [9.17, 15) is 19.2 Å². The SMILES string of the molecule is CC(C)CN1C(=O)c2ccc(C(=O)OCC(=O)Nc3ccccc3)cc2C1=O. The van der Waals surface area contributed by atoms with E-state index in [1.807, 2.05) is 19.9 Å². The maximum atomic E-state index is 12.5. The molecule has 0 aliphatic carbocycles. The molecule has 2 aromatic rings. The second-order valence-electron chi connectivity index (χ2n) is 6.87. The van der Waals surface area contributed by atoms with Gasteiger partial charge in [-0.3, -0.25) is 19.3 Å². The van der Waals surface area contributed by atoms with E-state index in [-0.39, 0.29) is 28.5 Å². The summed E-state index contributed by atoms with van der Waals surface area (Å²) in [6, 6.07) is 13.0. The Morgan fingerprint density at radius 3 is 2.36 bits per heavy atom. The van der Waals surface area contributed by atoms with Gasteiger partial charge in [-0.15, -0.1) is 0 Å². The molecule has 0 saturated heterocycles. The Labute approximate surface area is 162 Å². The van der Waals surface area contributed by atoms with Crippen LogP contribution in [0.1, 0.15) is 44.9 Å². The van der Waals surface area contributed by atoms with E-state index in [1.54, 1.807) is 24.3 Å². The minimum Gasteiger partial charge on any atom is -0.452 e. The van der Waals surface area contributed by atoms with Gasteiger partial charge in [-0.1, -0.05) is 32.0 Å². The van der Waals surface area contributed by atoms with Gasteiger partial charge in [-0.25, -0.2) is 4.79 Å². The molecule has 1 N–H and O–H groups in total. The largest absolute Gasteiger partial charge is 0.452 e. The minimum absolute atomic E-state index is 0.110. The third kappa shape index (κ3) is 4.09. The van der Waals surface area contributed by atoms with Crippen LogP contribution in [0.15, 0.2) is 48.5 Å². The van der Waals surface area contributed by atoms with Crippen molar-refractivity contribution in [3.8, 4) is 0 Å². The lowest BCUT2D eigenvalue weighted by atomic mass is 10.1. The van der Waals surface area contributed by atoms with E-state index in [4.69, 9.17) is 4.74 Å². The molecule has 3 rings (SSSR count). The summed E-state index contributed by atoms with van der Waals surface area (Å²) in [7, 11) is 0. The molecular formula is C21H20N2O5. The standard InChI is InChI=1S/C21H20N2O5/c1-13(2)11-23-19(25)16-9-8-14(10-17(16)20(23)26)21(27)28-12-18(24)22-15-6-4-3-5-7-15/h3-10,13H,11-12H2,1-2H3,(H,22,24). The van der Waals surface area contributed by atoms with Crippen molar-refractivity contribution >= 4 is 29.4 Å². The zero-order chi connectivity index (χ0) is 20.3. The Bertz CT molecular complexity index is 937. The van der Waals surface area contributed by atoms with Gasteiger partial charge in [0, 0.05) is 12.2 Å². The molecule has 7 nitrogen and oxygen atoms in total. The topological polar surface area (TPSA) is 92.8 Å². The van der Waals surface area contributed by atoms with Crippen LogP contribution in [0.5, 0.6) is 0 Å². The highest BCUT2D eigenvalue weighted by molar-refractivity contribution is 6.22. The van der Waals surface area contributed by atoms with Gasteiger partial charge in [-0.05, 0) is 36.2 Å². The van der Waals surface area contributed by atoms with Crippen LogP contribution >= 0.6 is 0 Å². The predicted molar refractivity (Wildman–Crippen MR) is 102 cm³/mol. The summed E-state index contributed by atoms with van der Waals surface area (Å²) in [4.78, 5) is 50.1. The van der Waals surface area contributed by atoms with E-state index in [1.165, 1.54) is 23.1 Å². The first kappa shape index (κ1) is 19.3. The number of imide groups is 1. The number of ether oxygens (including phenoxy) is 1. The Kier molecular flexibility index (Phi) is 5.54. The number of anilines is 1. The van der Waals surface area contributed by atoms with Crippen molar-refractivity contribution < 1.29 is 23.9 Å². The average Bonchev–Trinajstić information content (AvgIpc) is 2.91. The minimum atomic E-state index is -0.742. The Balaban J connectivity index is 1.65. The number of nitrogens with zero attached hydrogens (tertiary/aromatic N) is 1. The highest BCUT2D eigenvalue weighted by atomic mass is 16.5. The fourth-order valence-corrected chi connectivity index (χ4v) is 2.88. The number of benzene rings is 2. The van der Waals surface area contributed by atoms with Crippen molar-refractivity contribution in [2.45, 2.75) is 13.8 Å². The normalized spacial score (nSPS) is 12.9. The Hall–Kier alpha value is -3.48. The second-order valence-corrected chi connectivity index (χ2v) is 6.87. The predicted octanol–water partition coefficient (Wildman–Crippen LogP) is 2.73. The summed E-state index contributed by atoms with van der Waals surface area (Å²) in [5.41, 5.74) is 1.15. The fourth-order valence-electron chi connectivity index (χ4n) is 2.88. The van der Waals surface area contributed by atoms with Crippen LogP contribution in [0.3, 0.4) is 0 Å². The van der Waals surface area contributed by atoms with Crippen LogP contribution in [0.2, 0.25) is 0 Å². The number of para-hydroxylation sites is 1. The van der Waals surface area contributed by atoms with Gasteiger partial charge < -0.3 is 10.1 Å². The van der Waals surface area contributed by atoms with Crippen molar-refractivity contribution in [1.29, 1.82) is 0 Å². The Morgan fingerprint density at radius 1 is 1.00 bits per heavy atom. The zero-order valence-corrected chi connectivity index (χ0v) is 15.6. The van der Waals surface area contributed by atoms with Gasteiger partial charge in [0.05, 0.1) is 16.7 Å². The number of esters is 1. The first-order valence-corrected chi connectivity index (χ1v) is 8.89. The fraction of sp³-hybridized carbons (Fsp3) is 0.238. The summed E-state index contributed by atoms with van der Waals surface area (Å²) in [5, 5.41) is 2.61. The summed E-state index contributed by atoms with van der Waals surface area (Å²) in [5.74, 6) is -1.88. The maximum Gasteiger partial charge on any atom is 0.338 e. The van der Waals surface area contributed by atoms with E-state index >= 15 is 0 Å². The van der Waals surface area contributed by atoms with Gasteiger partial charge in [-0.2, -0.15) is 0 Å². The van der Waals surface area contributed by atoms with Crippen LogP contribution in [-0.4, -0.2) is 41.7 Å². The summed E-state index contributed by atoms with van der Waals surface area (Å²) in [6.07, 6.45) is 0. The third-order valence-corrected chi connectivity index (χ3v) is 4.15. The van der Waals surface area contributed by atoms with E-state index in [0.717, 1.165) is 0 Å². The molecule has 0 bridgehead atoms. The lowest BCUT2D eigenvalue weighted by Crippen LogP contribution is -2.33. The number of nitrogens with one attached hydrogen (secondary N) is 1. The van der Waals surface area contributed by atoms with Gasteiger partial charge in [0.15, 0.2) is 6.61 Å². The summed E-state index contributed by atoms with van der Waals surface area (Å²) >= 11 is 0. The van der Waals surface area contributed by atoms with Crippen molar-refractivity contribution in [1.82, 2.24) is 4.90 Å². The highest BCUT2D eigenvalue weighted by Gasteiger charge is 2.36. The second kappa shape index (κ2) is 8.04. The number of rotatable bonds is 6. The van der Waals surface area contributed by atoms with Crippen molar-refractivity contribution in [3.63, 3.8) is 0 Å². The van der Waals surface area contributed by atoms with E-state index < -0.39 is 24.4 Å². The lowest BCUT2D eigenvalue weighted by molar-refractivity contribution is -0.119. The molecule has 7 heteroatoms. The maximum absolute atomic E-state index is 12.5. The molecule has 0 radical (unpaired) electrons. The van der Waals surface area contributed by atoms with Gasteiger partial charge in [0.25, 0.3) is 17.7 Å². The summed E-state index contributed by atoms with van der Waals surface area (Å²) in [6.45, 7) is 3.67. The zero-order valence-electron chi connectivity index (χ0n) is 15.6. The van der Waals surface area contributed by atoms with Crippen molar-refractivity contribution in [3.05, 3.63) is 65.2 Å². The number of hydrogen-bond donors (Lipinski definition) is 1. The Morgan fingerprint density at radius 2 is 1.68 bits per heavy atom. The van der Waals surface area contributed by atoms with Crippen LogP contribution in [0.25, 0.3) is 0 Å². The quantitative estimate of drug-likeness (QED) is 0.614.